The van der Waals surface area contributed by atoms with Crippen LogP contribution in [0.5, 0.6) is 5.75 Å². The minimum Gasteiger partial charge on any atom is -0.494 e. The van der Waals surface area contributed by atoms with Gasteiger partial charge in [0, 0.05) is 49.1 Å². The Morgan fingerprint density at radius 3 is 2.26 bits per heavy atom. The second kappa shape index (κ2) is 25.9. The summed E-state index contributed by atoms with van der Waals surface area (Å²) < 4.78 is 6.07. The number of aliphatic hydroxyl groups is 3. The summed E-state index contributed by atoms with van der Waals surface area (Å²) >= 11 is 1.09. The summed E-state index contributed by atoms with van der Waals surface area (Å²) in [6.07, 6.45) is 0.610. The van der Waals surface area contributed by atoms with E-state index in [0.29, 0.717) is 46.8 Å². The first-order chi connectivity index (χ1) is 32.9. The number of nitrogens with two attached hydrogens (primary N) is 2. The molecular formula is C45H69N11O12S. The van der Waals surface area contributed by atoms with Gasteiger partial charge >= 0.3 is 0 Å². The van der Waals surface area contributed by atoms with E-state index in [2.05, 4.69) is 42.2 Å². The van der Waals surface area contributed by atoms with Gasteiger partial charge < -0.3 is 73.7 Å². The third-order valence-corrected chi connectivity index (χ3v) is 13.9. The lowest BCUT2D eigenvalue weighted by atomic mass is 9.94. The molecule has 2 bridgehead atoms. The highest BCUT2D eigenvalue weighted by Crippen LogP contribution is 2.34. The maximum atomic E-state index is 14.6. The Balaban J connectivity index is 1.67. The van der Waals surface area contributed by atoms with Crippen LogP contribution in [0.3, 0.4) is 0 Å². The van der Waals surface area contributed by atoms with Crippen molar-refractivity contribution in [3.05, 3.63) is 23.8 Å². The van der Waals surface area contributed by atoms with Crippen LogP contribution in [0.4, 0.5) is 0 Å². The molecule has 2 aromatic rings. The van der Waals surface area contributed by atoms with E-state index in [1.54, 1.807) is 32.0 Å². The minimum atomic E-state index is -1.59. The van der Waals surface area contributed by atoms with Crippen molar-refractivity contribution in [2.45, 2.75) is 126 Å². The molecule has 4 unspecified atom stereocenters. The van der Waals surface area contributed by atoms with Crippen LogP contribution in [0, 0.1) is 11.8 Å². The van der Waals surface area contributed by atoms with E-state index in [1.807, 2.05) is 0 Å². The Morgan fingerprint density at radius 2 is 1.57 bits per heavy atom. The van der Waals surface area contributed by atoms with Crippen LogP contribution >= 0.6 is 11.8 Å². The van der Waals surface area contributed by atoms with Gasteiger partial charge in [0.15, 0.2) is 0 Å². The molecule has 24 heteroatoms. The third kappa shape index (κ3) is 15.2. The molecule has 3 aliphatic heterocycles. The number of fused-ring (bicyclic) bond motifs is 5. The molecule has 382 valence electrons. The zero-order chi connectivity index (χ0) is 50.4. The summed E-state index contributed by atoms with van der Waals surface area (Å²) in [4.78, 5) is 116. The summed E-state index contributed by atoms with van der Waals surface area (Å²) in [7, 11) is 0. The van der Waals surface area contributed by atoms with Crippen molar-refractivity contribution >= 4 is 69.9 Å². The topological polar surface area (TPSA) is 362 Å². The number of nitrogens with one attached hydrogen (secondary N) is 8. The largest absolute Gasteiger partial charge is 0.494 e. The molecule has 1 aromatic carbocycles. The molecular weight excluding hydrogens is 919 g/mol. The number of aromatic amines is 1. The number of benzene rings is 1. The van der Waals surface area contributed by atoms with Gasteiger partial charge in [-0.2, -0.15) is 0 Å². The monoisotopic (exact) mass is 987 g/mol. The molecule has 1 fully saturated rings. The molecule has 10 atom stereocenters. The Hall–Kier alpha value is -5.53. The van der Waals surface area contributed by atoms with Crippen molar-refractivity contribution in [2.24, 2.45) is 23.3 Å². The highest BCUT2D eigenvalue weighted by Gasteiger charge is 2.42. The average Bonchev–Trinajstić information content (AvgIpc) is 3.86. The SMILES string of the molecule is CC[C@H](C)[C@@H]1NC(=O)CNC(=O)C2Cc3c([nH]c4cc(OCCCCCCN)ccc34)SCC(NC(=O)CNC1=O)C(=O)NC(CC(N)=O)CN1CC(O)C[C@H]1C(=O)N[C@@H]([C@@H](C)[C@@H](O)CO)C(=O)N2. The van der Waals surface area contributed by atoms with Crippen LogP contribution in [0.25, 0.3) is 10.9 Å². The van der Waals surface area contributed by atoms with Gasteiger partial charge in [0.2, 0.25) is 47.3 Å². The lowest BCUT2D eigenvalue weighted by Gasteiger charge is -2.33. The van der Waals surface area contributed by atoms with Crippen LogP contribution in [-0.4, -0.2) is 173 Å². The van der Waals surface area contributed by atoms with Gasteiger partial charge in [-0.3, -0.25) is 43.3 Å². The lowest BCUT2D eigenvalue weighted by Crippen LogP contribution is -2.61. The first-order valence-corrected chi connectivity index (χ1v) is 24.6. The van der Waals surface area contributed by atoms with Crippen LogP contribution in [0.1, 0.15) is 71.3 Å². The number of carbonyl (C=O) groups is 8. The Kier molecular flexibility index (Phi) is 20.4. The second-order valence-corrected chi connectivity index (χ2v) is 19.1. The van der Waals surface area contributed by atoms with Crippen LogP contribution in [0.15, 0.2) is 23.2 Å². The number of hydrogen-bond acceptors (Lipinski definition) is 15. The van der Waals surface area contributed by atoms with E-state index in [-0.39, 0.29) is 31.7 Å². The molecule has 69 heavy (non-hydrogen) atoms. The minimum absolute atomic E-state index is 0.0945. The number of rotatable bonds is 14. The van der Waals surface area contributed by atoms with Crippen molar-refractivity contribution in [3.8, 4) is 5.75 Å². The number of carbonyl (C=O) groups excluding carboxylic acids is 8. The van der Waals surface area contributed by atoms with Gasteiger partial charge in [-0.05, 0) is 49.4 Å². The number of aromatic nitrogens is 1. The van der Waals surface area contributed by atoms with E-state index in [0.717, 1.165) is 37.4 Å². The van der Waals surface area contributed by atoms with Gasteiger partial charge in [0.1, 0.15) is 29.9 Å². The Bertz CT molecular complexity index is 2160. The van der Waals surface area contributed by atoms with Crippen LogP contribution in [0.2, 0.25) is 0 Å². The fourth-order valence-electron chi connectivity index (χ4n) is 8.60. The summed E-state index contributed by atoms with van der Waals surface area (Å²) in [5.41, 5.74) is 12.3. The predicted octanol–water partition coefficient (Wildman–Crippen LogP) is -3.27. The number of hydrogen-bond donors (Lipinski definition) is 13. The normalized spacial score (nSPS) is 26.4. The number of unbranched alkanes of at least 4 members (excludes halogenated alkanes) is 3. The molecule has 0 saturated carbocycles. The van der Waals surface area contributed by atoms with Gasteiger partial charge in [0.05, 0.1) is 61.1 Å². The Labute approximate surface area is 404 Å². The standard InChI is InChI=1S/C45H69N11O12S/c1-4-23(2)38-43(66)49-17-36(61)51-32-22-69-45-29(28-10-9-27(15-30(28)53-45)68-12-8-6-5-7-11-46)16-31(40(63)48-18-37(62)54-38)52-44(67)39(24(3)34(59)21-57)55-42(65)33-14-26(58)20-56(33)19-25(13-35(47)60)50-41(32)64/h9-10,15,23-26,31-34,38-39,53,57-59H,4-8,11-14,16-22,46H2,1-3H3,(H2,47,60)(H,48,63)(H,49,66)(H,50,64)(H,51,61)(H,52,67)(H,54,62)(H,55,65)/t23-,24-,25?,26?,31?,32?,33-,34-,38-,39-/m0/s1. The Morgan fingerprint density at radius 1 is 0.855 bits per heavy atom. The van der Waals surface area contributed by atoms with E-state index < -0.39 is 134 Å². The smallest absolute Gasteiger partial charge is 0.243 e. The zero-order valence-corrected chi connectivity index (χ0v) is 40.2. The zero-order valence-electron chi connectivity index (χ0n) is 39.3. The average molecular weight is 988 g/mol. The summed E-state index contributed by atoms with van der Waals surface area (Å²) in [6, 6.07) is -2.52. The van der Waals surface area contributed by atoms with Crippen molar-refractivity contribution in [1.29, 1.82) is 0 Å². The molecule has 15 N–H and O–H groups in total. The lowest BCUT2D eigenvalue weighted by molar-refractivity contribution is -0.136. The molecule has 1 aromatic heterocycles. The van der Waals surface area contributed by atoms with Gasteiger partial charge in [-0.15, -0.1) is 11.8 Å². The molecule has 1 saturated heterocycles. The highest BCUT2D eigenvalue weighted by molar-refractivity contribution is 7.99. The number of ether oxygens (including phenoxy) is 1. The molecule has 23 nitrogen and oxygen atoms in total. The quantitative estimate of drug-likeness (QED) is 0.0827. The number of amides is 8. The van der Waals surface area contributed by atoms with Gasteiger partial charge in [0.25, 0.3) is 0 Å². The summed E-state index contributed by atoms with van der Waals surface area (Å²) in [6.45, 7) is 3.64. The number of nitrogens with zero attached hydrogens (tertiary/aromatic N) is 1. The number of primary amides is 1. The second-order valence-electron chi connectivity index (χ2n) is 18.1. The fourth-order valence-corrected chi connectivity index (χ4v) is 9.71. The molecule has 0 radical (unpaired) electrons. The highest BCUT2D eigenvalue weighted by atomic mass is 32.2. The van der Waals surface area contributed by atoms with E-state index >= 15 is 0 Å². The fraction of sp³-hybridized carbons (Fsp3) is 0.644. The first kappa shape index (κ1) is 54.4. The molecule has 8 amide bonds. The molecule has 4 heterocycles. The number of thioether (sulfide) groups is 1. The number of H-pyrrole nitrogens is 1. The van der Waals surface area contributed by atoms with E-state index in [1.165, 1.54) is 11.8 Å². The van der Waals surface area contributed by atoms with Crippen LogP contribution in [-0.2, 0) is 44.8 Å². The van der Waals surface area contributed by atoms with Gasteiger partial charge in [-0.1, -0.05) is 40.0 Å². The van der Waals surface area contributed by atoms with Crippen molar-refractivity contribution in [2.75, 3.05) is 51.7 Å². The van der Waals surface area contributed by atoms with E-state index in [9.17, 15) is 53.7 Å². The molecule has 0 spiro atoms. The summed E-state index contributed by atoms with van der Waals surface area (Å²) in [5, 5.41) is 51.2. The van der Waals surface area contributed by atoms with E-state index in [4.69, 9.17) is 16.2 Å². The summed E-state index contributed by atoms with van der Waals surface area (Å²) in [5.74, 6) is -7.59. The maximum Gasteiger partial charge on any atom is 0.243 e. The van der Waals surface area contributed by atoms with Crippen LogP contribution < -0.4 is 53.4 Å². The first-order valence-electron chi connectivity index (χ1n) is 23.6. The van der Waals surface area contributed by atoms with Gasteiger partial charge in [-0.25, -0.2) is 0 Å². The molecule has 5 rings (SSSR count). The maximum absolute atomic E-state index is 14.6. The van der Waals surface area contributed by atoms with Crippen molar-refractivity contribution in [3.63, 3.8) is 0 Å². The molecule has 0 aliphatic carbocycles. The predicted molar refractivity (Wildman–Crippen MR) is 253 cm³/mol. The van der Waals surface area contributed by atoms with Crippen molar-refractivity contribution < 1.29 is 58.4 Å². The molecule has 3 aliphatic rings. The number of aliphatic hydroxyl groups excluding tert-OH is 3. The third-order valence-electron chi connectivity index (χ3n) is 12.8. The van der Waals surface area contributed by atoms with Crippen molar-refractivity contribution in [1.82, 2.24) is 47.1 Å².